The number of hydrogen-bond acceptors (Lipinski definition) is 4. The molecule has 0 saturated carbocycles. The van der Waals surface area contributed by atoms with E-state index in [1.807, 2.05) is 24.3 Å². The lowest BCUT2D eigenvalue weighted by Crippen LogP contribution is -2.18. The summed E-state index contributed by atoms with van der Waals surface area (Å²) in [6, 6.07) is 12.9. The van der Waals surface area contributed by atoms with Gasteiger partial charge in [-0.3, -0.25) is 9.36 Å². The van der Waals surface area contributed by atoms with Crippen molar-refractivity contribution in [3.63, 3.8) is 0 Å². The van der Waals surface area contributed by atoms with Gasteiger partial charge in [-0.25, -0.2) is 0 Å². The van der Waals surface area contributed by atoms with E-state index in [-0.39, 0.29) is 5.56 Å². The highest BCUT2D eigenvalue weighted by atomic mass is 16.5. The van der Waals surface area contributed by atoms with Gasteiger partial charge >= 0.3 is 0 Å². The van der Waals surface area contributed by atoms with Crippen molar-refractivity contribution >= 4 is 10.8 Å². The third kappa shape index (κ3) is 2.40. The zero-order valence-electron chi connectivity index (χ0n) is 13.2. The summed E-state index contributed by atoms with van der Waals surface area (Å²) in [5.74, 6) is 1.44. The molecule has 0 aliphatic carbocycles. The number of pyridine rings is 1. The Morgan fingerprint density at radius 1 is 0.826 bits per heavy atom. The van der Waals surface area contributed by atoms with Crippen LogP contribution < -0.4 is 19.8 Å². The normalized spacial score (nSPS) is 10.6. The van der Waals surface area contributed by atoms with Crippen molar-refractivity contribution in [3.8, 4) is 22.9 Å². The fraction of sp³-hybridized carbons (Fsp3) is 0.167. The van der Waals surface area contributed by atoms with E-state index < -0.39 is 0 Å². The molecule has 0 aliphatic heterocycles. The minimum absolute atomic E-state index is 0.117. The van der Waals surface area contributed by atoms with Crippen LogP contribution in [0.2, 0.25) is 0 Å². The van der Waals surface area contributed by atoms with Gasteiger partial charge < -0.3 is 14.2 Å². The first kappa shape index (κ1) is 15.0. The van der Waals surface area contributed by atoms with Gasteiger partial charge in [0, 0.05) is 11.6 Å². The molecule has 0 bridgehead atoms. The lowest BCUT2D eigenvalue weighted by atomic mass is 10.1. The van der Waals surface area contributed by atoms with E-state index in [0.29, 0.717) is 28.3 Å². The summed E-state index contributed by atoms with van der Waals surface area (Å²) in [7, 11) is 4.62. The van der Waals surface area contributed by atoms with Gasteiger partial charge in [-0.1, -0.05) is 18.2 Å². The number of hydrogen-bond donors (Lipinski definition) is 0. The van der Waals surface area contributed by atoms with E-state index in [1.165, 1.54) is 14.2 Å². The molecule has 1 aromatic heterocycles. The summed E-state index contributed by atoms with van der Waals surface area (Å²) in [5.41, 5.74) is 0.481. The molecule has 0 N–H and O–H groups in total. The van der Waals surface area contributed by atoms with Crippen LogP contribution in [0, 0.1) is 0 Å². The van der Waals surface area contributed by atoms with Crippen molar-refractivity contribution in [1.82, 2.24) is 4.57 Å². The van der Waals surface area contributed by atoms with E-state index in [4.69, 9.17) is 14.2 Å². The Morgan fingerprint density at radius 2 is 1.57 bits per heavy atom. The maximum absolute atomic E-state index is 12.8. The summed E-state index contributed by atoms with van der Waals surface area (Å²) in [5, 5.41) is 1.54. The van der Waals surface area contributed by atoms with Crippen LogP contribution in [0.4, 0.5) is 0 Å². The number of fused-ring (bicyclic) bond motifs is 1. The Labute approximate surface area is 133 Å². The van der Waals surface area contributed by atoms with Crippen molar-refractivity contribution in [1.29, 1.82) is 0 Å². The molecule has 23 heavy (non-hydrogen) atoms. The highest BCUT2D eigenvalue weighted by molar-refractivity contribution is 5.81. The highest BCUT2D eigenvalue weighted by Gasteiger charge is 2.18. The topological polar surface area (TPSA) is 49.7 Å². The summed E-state index contributed by atoms with van der Waals surface area (Å²) < 4.78 is 17.7. The predicted octanol–water partition coefficient (Wildman–Crippen LogP) is 3.02. The lowest BCUT2D eigenvalue weighted by Gasteiger charge is -2.17. The summed E-state index contributed by atoms with van der Waals surface area (Å²) >= 11 is 0. The van der Waals surface area contributed by atoms with E-state index in [0.717, 1.165) is 5.39 Å². The molecule has 0 saturated heterocycles. The van der Waals surface area contributed by atoms with Gasteiger partial charge in [0.1, 0.15) is 0 Å². The van der Waals surface area contributed by atoms with E-state index in [2.05, 4.69) is 0 Å². The fourth-order valence-electron chi connectivity index (χ4n) is 2.65. The molecule has 2 aromatic carbocycles. The number of rotatable bonds is 4. The summed E-state index contributed by atoms with van der Waals surface area (Å²) in [6.45, 7) is 0. The van der Waals surface area contributed by atoms with Crippen LogP contribution in [0.25, 0.3) is 16.5 Å². The van der Waals surface area contributed by atoms with E-state index in [1.54, 1.807) is 36.1 Å². The lowest BCUT2D eigenvalue weighted by molar-refractivity contribution is 0.323. The first-order valence-corrected chi connectivity index (χ1v) is 7.11. The average molecular weight is 311 g/mol. The standard InChI is InChI=1S/C18H17NO4/c1-21-15-9-8-14(16(22-2)17(15)23-3)19-11-10-12-6-4-5-7-13(12)18(19)20/h4-11H,1-3H3. The van der Waals surface area contributed by atoms with Gasteiger partial charge in [0.05, 0.1) is 27.0 Å². The summed E-state index contributed by atoms with van der Waals surface area (Å²) in [4.78, 5) is 12.8. The largest absolute Gasteiger partial charge is 0.493 e. The Kier molecular flexibility index (Phi) is 3.93. The molecule has 5 nitrogen and oxygen atoms in total. The van der Waals surface area contributed by atoms with Gasteiger partial charge in [0.25, 0.3) is 5.56 Å². The Balaban J connectivity index is 2.31. The van der Waals surface area contributed by atoms with E-state index >= 15 is 0 Å². The van der Waals surface area contributed by atoms with Gasteiger partial charge in [-0.2, -0.15) is 0 Å². The highest BCUT2D eigenvalue weighted by Crippen LogP contribution is 2.41. The number of nitrogens with zero attached hydrogens (tertiary/aromatic N) is 1. The molecule has 0 aliphatic rings. The molecule has 0 atom stereocenters. The van der Waals surface area contributed by atoms with Gasteiger partial charge in [0.15, 0.2) is 11.5 Å². The van der Waals surface area contributed by atoms with Crippen LogP contribution in [-0.4, -0.2) is 25.9 Å². The van der Waals surface area contributed by atoms with Crippen molar-refractivity contribution in [2.24, 2.45) is 0 Å². The van der Waals surface area contributed by atoms with Gasteiger partial charge in [-0.15, -0.1) is 0 Å². The minimum Gasteiger partial charge on any atom is -0.493 e. The molecule has 0 amide bonds. The SMILES string of the molecule is COc1ccc(-n2ccc3ccccc3c2=O)c(OC)c1OC. The average Bonchev–Trinajstić information content (AvgIpc) is 2.61. The second kappa shape index (κ2) is 6.04. The van der Waals surface area contributed by atoms with Gasteiger partial charge in [0.2, 0.25) is 5.75 Å². The third-order valence-electron chi connectivity index (χ3n) is 3.76. The molecule has 0 fully saturated rings. The Morgan fingerprint density at radius 3 is 2.26 bits per heavy atom. The first-order chi connectivity index (χ1) is 11.2. The van der Waals surface area contributed by atoms with Crippen molar-refractivity contribution in [2.75, 3.05) is 21.3 Å². The zero-order valence-corrected chi connectivity index (χ0v) is 13.2. The fourth-order valence-corrected chi connectivity index (χ4v) is 2.65. The molecular formula is C18H17NO4. The van der Waals surface area contributed by atoms with Crippen LogP contribution in [0.5, 0.6) is 17.2 Å². The van der Waals surface area contributed by atoms with Crippen molar-refractivity contribution in [2.45, 2.75) is 0 Å². The Bertz CT molecular complexity index is 915. The maximum atomic E-state index is 12.8. The third-order valence-corrected chi connectivity index (χ3v) is 3.76. The van der Waals surface area contributed by atoms with Crippen molar-refractivity contribution < 1.29 is 14.2 Å². The smallest absolute Gasteiger partial charge is 0.263 e. The van der Waals surface area contributed by atoms with E-state index in [9.17, 15) is 4.79 Å². The maximum Gasteiger partial charge on any atom is 0.263 e. The van der Waals surface area contributed by atoms with Crippen LogP contribution >= 0.6 is 0 Å². The second-order valence-electron chi connectivity index (χ2n) is 4.93. The zero-order chi connectivity index (χ0) is 16.4. The predicted molar refractivity (Wildman–Crippen MR) is 89.2 cm³/mol. The molecule has 0 spiro atoms. The minimum atomic E-state index is -0.117. The van der Waals surface area contributed by atoms with Crippen molar-refractivity contribution in [3.05, 3.63) is 59.0 Å². The molecule has 118 valence electrons. The number of benzene rings is 2. The summed E-state index contributed by atoms with van der Waals surface area (Å²) in [6.07, 6.45) is 1.73. The molecule has 0 radical (unpaired) electrons. The molecule has 5 heteroatoms. The molecule has 0 unspecified atom stereocenters. The molecule has 1 heterocycles. The Hall–Kier alpha value is -2.95. The monoisotopic (exact) mass is 311 g/mol. The molecule has 3 aromatic rings. The van der Waals surface area contributed by atoms with Crippen LogP contribution in [-0.2, 0) is 0 Å². The van der Waals surface area contributed by atoms with Gasteiger partial charge in [-0.05, 0) is 29.7 Å². The number of aromatic nitrogens is 1. The molecule has 3 rings (SSSR count). The quantitative estimate of drug-likeness (QED) is 0.743. The molecular weight excluding hydrogens is 294 g/mol. The second-order valence-corrected chi connectivity index (χ2v) is 4.93. The van der Waals surface area contributed by atoms with Crippen LogP contribution in [0.3, 0.4) is 0 Å². The van der Waals surface area contributed by atoms with Crippen LogP contribution in [0.15, 0.2) is 53.5 Å². The first-order valence-electron chi connectivity index (χ1n) is 7.11. The van der Waals surface area contributed by atoms with Crippen LogP contribution in [0.1, 0.15) is 0 Å². The number of ether oxygens (including phenoxy) is 3. The number of methoxy groups -OCH3 is 3.